The van der Waals surface area contributed by atoms with Crippen LogP contribution in [0.3, 0.4) is 0 Å². The van der Waals surface area contributed by atoms with Gasteiger partial charge in [0.1, 0.15) is 19.0 Å². The van der Waals surface area contributed by atoms with E-state index in [1.54, 1.807) is 13.8 Å². The summed E-state index contributed by atoms with van der Waals surface area (Å²) in [5, 5.41) is 10.8. The van der Waals surface area contributed by atoms with Gasteiger partial charge in [0.05, 0.1) is 28.1 Å². The highest BCUT2D eigenvalue weighted by Crippen LogP contribution is 2.43. The number of Topliss-reactive ketones (excluding diaryl/α,β-unsaturated/α-hetero) is 1. The van der Waals surface area contributed by atoms with Crippen molar-refractivity contribution in [2.24, 2.45) is 4.99 Å². The molecule has 2 aliphatic rings. The first-order chi connectivity index (χ1) is 15.5. The number of aliphatic hydroxyl groups is 1. The molecule has 0 radical (unpaired) electrons. The summed E-state index contributed by atoms with van der Waals surface area (Å²) in [6.07, 6.45) is 0.788. The Labute approximate surface area is 192 Å². The molecule has 3 rings (SSSR count). The van der Waals surface area contributed by atoms with Gasteiger partial charge in [-0.25, -0.2) is 9.59 Å². The highest BCUT2D eigenvalue weighted by Gasteiger charge is 2.41. The molecule has 1 aliphatic carbocycles. The maximum Gasteiger partial charge on any atom is 0.340 e. The number of aryl methyl sites for hydroxylation is 1. The minimum Gasteiger partial charge on any atom is -0.506 e. The average Bonchev–Trinajstić information content (AvgIpc) is 3.19. The summed E-state index contributed by atoms with van der Waals surface area (Å²) in [6.45, 7) is 13.9. The van der Waals surface area contributed by atoms with E-state index in [0.29, 0.717) is 22.6 Å². The van der Waals surface area contributed by atoms with Crippen LogP contribution in [-0.4, -0.2) is 46.7 Å². The third kappa shape index (κ3) is 4.08. The van der Waals surface area contributed by atoms with Crippen molar-refractivity contribution in [3.63, 3.8) is 0 Å². The van der Waals surface area contributed by atoms with Gasteiger partial charge in [0.15, 0.2) is 0 Å². The van der Waals surface area contributed by atoms with Crippen LogP contribution in [-0.2, 0) is 19.1 Å². The van der Waals surface area contributed by atoms with Crippen molar-refractivity contribution in [3.8, 4) is 0 Å². The van der Waals surface area contributed by atoms with E-state index in [9.17, 15) is 19.5 Å². The smallest absolute Gasteiger partial charge is 0.340 e. The Hall–Kier alpha value is -3.68. The highest BCUT2D eigenvalue weighted by molar-refractivity contribution is 6.39. The topological polar surface area (TPSA) is 118 Å². The lowest BCUT2D eigenvalue weighted by Gasteiger charge is -2.22. The SMILES string of the molecule is C=C(C)C(=O)OCCOC(=O)c1c(C)[nH]c(C2=C(O)/C(=C3/N=C(C)C(CC)=C3C)C2=O)c1C. The molecule has 8 nitrogen and oxygen atoms in total. The summed E-state index contributed by atoms with van der Waals surface area (Å²) in [5.74, 6) is -1.64. The average molecular weight is 453 g/mol. The molecular formula is C25H28N2O6. The van der Waals surface area contributed by atoms with Gasteiger partial charge in [-0.2, -0.15) is 0 Å². The second kappa shape index (κ2) is 9.05. The lowest BCUT2D eigenvalue weighted by Crippen LogP contribution is -2.23. The first-order valence-electron chi connectivity index (χ1n) is 10.7. The largest absolute Gasteiger partial charge is 0.506 e. The molecule has 0 bridgehead atoms. The van der Waals surface area contributed by atoms with E-state index >= 15 is 0 Å². The molecule has 0 saturated heterocycles. The standard InChI is InChI=1S/C25H28N2O6/c1-8-16-12(4)20(26-14(16)6)18-22(28)19(23(18)29)21-13(5)17(15(7)27-21)25(31)33-10-9-32-24(30)11(2)3/h27-28H,2,8-10H2,1,3-7H3/b20-18-. The molecule has 0 amide bonds. The summed E-state index contributed by atoms with van der Waals surface area (Å²) in [6, 6.07) is 0. The number of nitrogens with one attached hydrogen (secondary N) is 1. The quantitative estimate of drug-likeness (QED) is 0.363. The van der Waals surface area contributed by atoms with Crippen molar-refractivity contribution < 1.29 is 29.0 Å². The van der Waals surface area contributed by atoms with Gasteiger partial charge in [0, 0.05) is 17.0 Å². The summed E-state index contributed by atoms with van der Waals surface area (Å²) in [4.78, 5) is 44.5. The number of ketones is 1. The normalized spacial score (nSPS) is 17.9. The Morgan fingerprint density at radius 3 is 2.27 bits per heavy atom. The maximum atomic E-state index is 13.0. The van der Waals surface area contributed by atoms with Crippen LogP contribution < -0.4 is 0 Å². The molecule has 8 heteroatoms. The lowest BCUT2D eigenvalue weighted by molar-refractivity contribution is -0.140. The number of aliphatic imine (C=N–C) groups is 1. The van der Waals surface area contributed by atoms with Crippen molar-refractivity contribution >= 4 is 29.0 Å². The second-order valence-electron chi connectivity index (χ2n) is 8.11. The molecule has 0 spiro atoms. The lowest BCUT2D eigenvalue weighted by atomic mass is 9.82. The van der Waals surface area contributed by atoms with Crippen molar-refractivity contribution in [2.75, 3.05) is 13.2 Å². The minimum absolute atomic E-state index is 0.0965. The fourth-order valence-corrected chi connectivity index (χ4v) is 4.12. The van der Waals surface area contributed by atoms with E-state index < -0.39 is 11.9 Å². The highest BCUT2D eigenvalue weighted by atomic mass is 16.6. The number of hydrogen-bond donors (Lipinski definition) is 2. The van der Waals surface area contributed by atoms with Gasteiger partial charge in [-0.15, -0.1) is 0 Å². The van der Waals surface area contributed by atoms with Crippen molar-refractivity contribution in [1.29, 1.82) is 0 Å². The fourth-order valence-electron chi connectivity index (χ4n) is 4.12. The molecule has 1 aromatic rings. The Bertz CT molecular complexity index is 1220. The van der Waals surface area contributed by atoms with Crippen molar-refractivity contribution in [2.45, 2.75) is 48.0 Å². The molecule has 1 aliphatic heterocycles. The summed E-state index contributed by atoms with van der Waals surface area (Å²) >= 11 is 0. The van der Waals surface area contributed by atoms with Crippen molar-refractivity contribution in [3.05, 3.63) is 62.8 Å². The molecule has 0 atom stereocenters. The van der Waals surface area contributed by atoms with E-state index in [1.807, 2.05) is 20.8 Å². The Morgan fingerprint density at radius 1 is 1.09 bits per heavy atom. The number of esters is 2. The molecule has 33 heavy (non-hydrogen) atoms. The number of aliphatic hydroxyl groups excluding tert-OH is 1. The van der Waals surface area contributed by atoms with E-state index in [0.717, 1.165) is 23.3 Å². The zero-order valence-corrected chi connectivity index (χ0v) is 19.8. The van der Waals surface area contributed by atoms with Gasteiger partial charge in [-0.1, -0.05) is 13.5 Å². The van der Waals surface area contributed by atoms with Gasteiger partial charge >= 0.3 is 11.9 Å². The third-order valence-corrected chi connectivity index (χ3v) is 5.83. The zero-order chi connectivity index (χ0) is 24.6. The predicted octanol–water partition coefficient (Wildman–Crippen LogP) is 4.21. The molecule has 2 N–H and O–H groups in total. The van der Waals surface area contributed by atoms with E-state index in [4.69, 9.17) is 9.47 Å². The van der Waals surface area contributed by atoms with E-state index in [-0.39, 0.29) is 47.0 Å². The molecule has 1 aromatic heterocycles. The molecule has 174 valence electrons. The zero-order valence-electron chi connectivity index (χ0n) is 19.8. The number of ether oxygens (including phenoxy) is 2. The van der Waals surface area contributed by atoms with E-state index in [1.165, 1.54) is 6.92 Å². The molecular weight excluding hydrogens is 424 g/mol. The number of H-pyrrole nitrogens is 1. The molecule has 0 fully saturated rings. The van der Waals surface area contributed by atoms with Crippen LogP contribution in [0.5, 0.6) is 0 Å². The number of aromatic amines is 1. The Balaban J connectivity index is 1.85. The van der Waals surface area contributed by atoms with Crippen molar-refractivity contribution in [1.82, 2.24) is 4.98 Å². The number of carbonyl (C=O) groups excluding carboxylic acids is 3. The second-order valence-corrected chi connectivity index (χ2v) is 8.11. The monoisotopic (exact) mass is 452 g/mol. The molecule has 0 unspecified atom stereocenters. The third-order valence-electron chi connectivity index (χ3n) is 5.83. The number of nitrogens with zero attached hydrogens (tertiary/aromatic N) is 1. The molecule has 0 aromatic carbocycles. The first-order valence-corrected chi connectivity index (χ1v) is 10.7. The van der Waals surface area contributed by atoms with Gasteiger partial charge in [-0.05, 0) is 57.7 Å². The van der Waals surface area contributed by atoms with Crippen LogP contribution in [0.25, 0.3) is 5.57 Å². The van der Waals surface area contributed by atoms with Gasteiger partial charge < -0.3 is 19.6 Å². The Morgan fingerprint density at radius 2 is 1.73 bits per heavy atom. The van der Waals surface area contributed by atoms with Crippen LogP contribution in [0.4, 0.5) is 0 Å². The summed E-state index contributed by atoms with van der Waals surface area (Å²) in [5.41, 5.74) is 5.50. The number of aromatic nitrogens is 1. The maximum absolute atomic E-state index is 13.0. The summed E-state index contributed by atoms with van der Waals surface area (Å²) in [7, 11) is 0. The molecule has 0 saturated carbocycles. The van der Waals surface area contributed by atoms with Crippen LogP contribution in [0.2, 0.25) is 0 Å². The number of allylic oxidation sites excluding steroid dienone is 4. The number of hydrogen-bond acceptors (Lipinski definition) is 7. The van der Waals surface area contributed by atoms with Crippen LogP contribution >= 0.6 is 0 Å². The van der Waals surface area contributed by atoms with Crippen LogP contribution in [0.1, 0.15) is 61.4 Å². The molecule has 2 heterocycles. The van der Waals surface area contributed by atoms with Gasteiger partial charge in [0.25, 0.3) is 0 Å². The van der Waals surface area contributed by atoms with Crippen LogP contribution in [0.15, 0.2) is 45.3 Å². The van der Waals surface area contributed by atoms with Gasteiger partial charge in [-0.3, -0.25) is 9.79 Å². The van der Waals surface area contributed by atoms with E-state index in [2.05, 4.69) is 16.6 Å². The minimum atomic E-state index is -0.619. The Kier molecular flexibility index (Phi) is 6.58. The fraction of sp³-hybridized carbons (Fsp3) is 0.360. The first kappa shape index (κ1) is 24.0. The predicted molar refractivity (Wildman–Crippen MR) is 124 cm³/mol. The number of carbonyl (C=O) groups is 3. The van der Waals surface area contributed by atoms with Gasteiger partial charge in [0.2, 0.25) is 5.78 Å². The number of rotatable bonds is 7. The van der Waals surface area contributed by atoms with Crippen LogP contribution in [0, 0.1) is 13.8 Å². The summed E-state index contributed by atoms with van der Waals surface area (Å²) < 4.78 is 10.1.